The van der Waals surface area contributed by atoms with Crippen molar-refractivity contribution < 1.29 is 9.90 Å². The van der Waals surface area contributed by atoms with Crippen LogP contribution in [0.1, 0.15) is 4.88 Å². The molecule has 0 saturated carbocycles. The molecule has 0 unspecified atom stereocenters. The van der Waals surface area contributed by atoms with E-state index in [2.05, 4.69) is 6.58 Å². The number of likely N-dealkylation sites (tertiary alicyclic amines) is 1. The average molecular weight is 266 g/mol. The summed E-state index contributed by atoms with van der Waals surface area (Å²) in [5.74, 6) is 0.0928. The van der Waals surface area contributed by atoms with Crippen LogP contribution in [0.25, 0.3) is 0 Å². The predicted octanol–water partition coefficient (Wildman–Crippen LogP) is 0.939. The first-order valence-corrected chi connectivity index (χ1v) is 6.88. The Morgan fingerprint density at radius 2 is 2.44 bits per heavy atom. The molecule has 1 aliphatic heterocycles. The van der Waals surface area contributed by atoms with Crippen LogP contribution in [0.3, 0.4) is 0 Å². The molecule has 1 fully saturated rings. The van der Waals surface area contributed by atoms with Gasteiger partial charge in [-0.3, -0.25) is 9.69 Å². The number of nitrogens with zero attached hydrogens (tertiary/aromatic N) is 2. The fraction of sp³-hybridized carbons (Fsp3) is 0.462. The van der Waals surface area contributed by atoms with Crippen molar-refractivity contribution >= 4 is 17.2 Å². The van der Waals surface area contributed by atoms with Gasteiger partial charge in [-0.2, -0.15) is 0 Å². The lowest BCUT2D eigenvalue weighted by Crippen LogP contribution is -2.54. The fourth-order valence-corrected chi connectivity index (χ4v) is 2.68. The predicted molar refractivity (Wildman–Crippen MR) is 72.4 cm³/mol. The maximum absolute atomic E-state index is 12.1. The van der Waals surface area contributed by atoms with E-state index in [0.717, 1.165) is 0 Å². The van der Waals surface area contributed by atoms with Crippen LogP contribution in [-0.2, 0) is 11.3 Å². The van der Waals surface area contributed by atoms with Gasteiger partial charge in [0.1, 0.15) is 0 Å². The minimum absolute atomic E-state index is 0.0928. The molecule has 18 heavy (non-hydrogen) atoms. The second-order valence-corrected chi connectivity index (χ2v) is 5.52. The molecular formula is C13H18N2O2S. The largest absolute Gasteiger partial charge is 0.390 e. The van der Waals surface area contributed by atoms with Crippen LogP contribution in [0.5, 0.6) is 0 Å². The number of hydrogen-bond acceptors (Lipinski definition) is 4. The molecule has 0 atom stereocenters. The van der Waals surface area contributed by atoms with Gasteiger partial charge in [0, 0.05) is 24.5 Å². The molecule has 2 heterocycles. The SMILES string of the molecule is C=CCN(Cc1cccs1)C(=O)CN1CC(O)C1. The summed E-state index contributed by atoms with van der Waals surface area (Å²) < 4.78 is 0. The van der Waals surface area contributed by atoms with E-state index in [9.17, 15) is 9.90 Å². The van der Waals surface area contributed by atoms with Gasteiger partial charge >= 0.3 is 0 Å². The first kappa shape index (κ1) is 13.3. The molecule has 0 radical (unpaired) electrons. The lowest BCUT2D eigenvalue weighted by Gasteiger charge is -2.36. The Morgan fingerprint density at radius 3 is 3.00 bits per heavy atom. The normalized spacial score (nSPS) is 16.3. The Kier molecular flexibility index (Phi) is 4.52. The van der Waals surface area contributed by atoms with Gasteiger partial charge in [-0.05, 0) is 11.4 Å². The molecule has 1 saturated heterocycles. The second kappa shape index (κ2) is 6.13. The van der Waals surface area contributed by atoms with Gasteiger partial charge in [0.25, 0.3) is 0 Å². The highest BCUT2D eigenvalue weighted by Crippen LogP contribution is 2.13. The number of β-amino-alcohol motifs (C(OH)–C–C–N with tert-alkyl or cyclic N) is 1. The lowest BCUT2D eigenvalue weighted by atomic mass is 10.2. The smallest absolute Gasteiger partial charge is 0.237 e. The number of thiophene rings is 1. The van der Waals surface area contributed by atoms with Crippen molar-refractivity contribution in [2.24, 2.45) is 0 Å². The van der Waals surface area contributed by atoms with Gasteiger partial charge < -0.3 is 10.0 Å². The number of rotatable bonds is 6. The van der Waals surface area contributed by atoms with Crippen LogP contribution >= 0.6 is 11.3 Å². The Balaban J connectivity index is 1.87. The third-order valence-corrected chi connectivity index (χ3v) is 3.79. The standard InChI is InChI=1S/C13H18N2O2S/c1-2-5-15(9-12-4-3-6-18-12)13(17)10-14-7-11(16)8-14/h2-4,6,11,16H,1,5,7-10H2. The highest BCUT2D eigenvalue weighted by molar-refractivity contribution is 7.09. The topological polar surface area (TPSA) is 43.8 Å². The molecule has 5 heteroatoms. The highest BCUT2D eigenvalue weighted by atomic mass is 32.1. The number of hydrogen-bond donors (Lipinski definition) is 1. The first-order chi connectivity index (χ1) is 8.69. The summed E-state index contributed by atoms with van der Waals surface area (Å²) in [6.45, 7) is 6.49. The number of amides is 1. The van der Waals surface area contributed by atoms with Crippen LogP contribution in [0.4, 0.5) is 0 Å². The van der Waals surface area contributed by atoms with Crippen molar-refractivity contribution in [2.45, 2.75) is 12.6 Å². The van der Waals surface area contributed by atoms with Crippen molar-refractivity contribution in [3.63, 3.8) is 0 Å². The monoisotopic (exact) mass is 266 g/mol. The molecule has 98 valence electrons. The van der Waals surface area contributed by atoms with Crippen LogP contribution in [-0.4, -0.2) is 53.1 Å². The van der Waals surface area contributed by atoms with E-state index in [4.69, 9.17) is 0 Å². The molecule has 1 N–H and O–H groups in total. The molecule has 1 aromatic heterocycles. The van der Waals surface area contributed by atoms with Gasteiger partial charge in [0.05, 0.1) is 19.2 Å². The van der Waals surface area contributed by atoms with E-state index in [1.54, 1.807) is 22.3 Å². The number of carbonyl (C=O) groups is 1. The van der Waals surface area contributed by atoms with Crippen LogP contribution in [0.2, 0.25) is 0 Å². The Labute approximate surface area is 111 Å². The summed E-state index contributed by atoms with van der Waals surface area (Å²) in [4.78, 5) is 17.1. The maximum Gasteiger partial charge on any atom is 0.237 e. The maximum atomic E-state index is 12.1. The zero-order chi connectivity index (χ0) is 13.0. The second-order valence-electron chi connectivity index (χ2n) is 4.49. The van der Waals surface area contributed by atoms with Crippen molar-refractivity contribution in [3.05, 3.63) is 35.0 Å². The Bertz CT molecular complexity index is 399. The molecule has 2 rings (SSSR count). The number of aliphatic hydroxyl groups excluding tert-OH is 1. The van der Waals surface area contributed by atoms with Crippen LogP contribution < -0.4 is 0 Å². The quantitative estimate of drug-likeness (QED) is 0.779. The molecule has 1 aromatic rings. The van der Waals surface area contributed by atoms with Crippen molar-refractivity contribution in [1.29, 1.82) is 0 Å². The molecule has 1 amide bonds. The van der Waals surface area contributed by atoms with E-state index in [1.807, 2.05) is 22.4 Å². The molecule has 0 aromatic carbocycles. The Hall–Kier alpha value is -1.17. The molecule has 1 aliphatic rings. The van der Waals surface area contributed by atoms with E-state index < -0.39 is 0 Å². The summed E-state index contributed by atoms with van der Waals surface area (Å²) in [6, 6.07) is 4.02. The van der Waals surface area contributed by atoms with E-state index in [-0.39, 0.29) is 12.0 Å². The van der Waals surface area contributed by atoms with Crippen molar-refractivity contribution in [3.8, 4) is 0 Å². The summed E-state index contributed by atoms with van der Waals surface area (Å²) in [6.07, 6.45) is 1.49. The third-order valence-electron chi connectivity index (χ3n) is 2.93. The third kappa shape index (κ3) is 3.41. The fourth-order valence-electron chi connectivity index (χ4n) is 1.96. The van der Waals surface area contributed by atoms with Crippen LogP contribution in [0, 0.1) is 0 Å². The lowest BCUT2D eigenvalue weighted by molar-refractivity contribution is -0.135. The Morgan fingerprint density at radius 1 is 1.67 bits per heavy atom. The summed E-state index contributed by atoms with van der Waals surface area (Å²) in [7, 11) is 0. The van der Waals surface area contributed by atoms with Gasteiger partial charge in [0.2, 0.25) is 5.91 Å². The van der Waals surface area contributed by atoms with Crippen molar-refractivity contribution in [1.82, 2.24) is 9.80 Å². The number of carbonyl (C=O) groups excluding carboxylic acids is 1. The molecule has 0 spiro atoms. The minimum Gasteiger partial charge on any atom is -0.390 e. The van der Waals surface area contributed by atoms with Crippen LogP contribution in [0.15, 0.2) is 30.2 Å². The first-order valence-electron chi connectivity index (χ1n) is 6.00. The average Bonchev–Trinajstić information content (AvgIpc) is 2.79. The van der Waals surface area contributed by atoms with Gasteiger partial charge in [0.15, 0.2) is 0 Å². The summed E-state index contributed by atoms with van der Waals surface area (Å²) >= 11 is 1.65. The van der Waals surface area contributed by atoms with Gasteiger partial charge in [-0.15, -0.1) is 17.9 Å². The summed E-state index contributed by atoms with van der Waals surface area (Å²) in [5.41, 5.74) is 0. The zero-order valence-electron chi connectivity index (χ0n) is 10.3. The molecular weight excluding hydrogens is 248 g/mol. The molecule has 0 aliphatic carbocycles. The van der Waals surface area contributed by atoms with Gasteiger partial charge in [-0.1, -0.05) is 12.1 Å². The molecule has 0 bridgehead atoms. The van der Waals surface area contributed by atoms with Crippen molar-refractivity contribution in [2.75, 3.05) is 26.2 Å². The number of aliphatic hydroxyl groups is 1. The van der Waals surface area contributed by atoms with E-state index in [1.165, 1.54) is 4.88 Å². The van der Waals surface area contributed by atoms with E-state index >= 15 is 0 Å². The minimum atomic E-state index is -0.261. The summed E-state index contributed by atoms with van der Waals surface area (Å²) in [5, 5.41) is 11.2. The molecule has 4 nitrogen and oxygen atoms in total. The van der Waals surface area contributed by atoms with E-state index in [0.29, 0.717) is 32.7 Å². The van der Waals surface area contributed by atoms with Gasteiger partial charge in [-0.25, -0.2) is 0 Å². The zero-order valence-corrected chi connectivity index (χ0v) is 11.1. The highest BCUT2D eigenvalue weighted by Gasteiger charge is 2.27.